The number of nitrogens with zero attached hydrogens (tertiary/aromatic N) is 3. The standard InChI is InChI=1S/C17H13N3O4/c1-23-17(22)12(7-18)6-13-9-20(8-11-5-15(21)24-10-11)16-14(13)3-2-4-19-16/h2-6,9H,8,10H2,1H3. The molecule has 2 aromatic rings. The number of methoxy groups -OCH3 is 1. The van der Waals surface area contributed by atoms with Crippen molar-refractivity contribution in [2.75, 3.05) is 13.7 Å². The first-order valence-electron chi connectivity index (χ1n) is 7.12. The number of aromatic nitrogens is 2. The van der Waals surface area contributed by atoms with Crippen LogP contribution < -0.4 is 0 Å². The summed E-state index contributed by atoms with van der Waals surface area (Å²) in [6.45, 7) is 0.690. The molecule has 3 heterocycles. The monoisotopic (exact) mass is 323 g/mol. The first-order valence-corrected chi connectivity index (χ1v) is 7.12. The van der Waals surface area contributed by atoms with Crippen molar-refractivity contribution in [1.29, 1.82) is 5.26 Å². The predicted molar refractivity (Wildman–Crippen MR) is 84.4 cm³/mol. The van der Waals surface area contributed by atoms with Crippen LogP contribution in [0.3, 0.4) is 0 Å². The minimum atomic E-state index is -0.695. The highest BCUT2D eigenvalue weighted by Gasteiger charge is 2.17. The molecular formula is C17H13N3O4. The van der Waals surface area contributed by atoms with Gasteiger partial charge in [0.1, 0.15) is 23.9 Å². The summed E-state index contributed by atoms with van der Waals surface area (Å²) in [7, 11) is 1.22. The summed E-state index contributed by atoms with van der Waals surface area (Å²) in [6, 6.07) is 5.46. The van der Waals surface area contributed by atoms with Gasteiger partial charge in [0, 0.05) is 36.0 Å². The highest BCUT2D eigenvalue weighted by atomic mass is 16.5. The lowest BCUT2D eigenvalue weighted by Crippen LogP contribution is -2.02. The van der Waals surface area contributed by atoms with E-state index in [1.807, 2.05) is 16.7 Å². The molecule has 0 amide bonds. The molecule has 7 heteroatoms. The molecular weight excluding hydrogens is 310 g/mol. The van der Waals surface area contributed by atoms with Crippen LogP contribution in [-0.2, 0) is 25.6 Å². The number of ether oxygens (including phenoxy) is 2. The van der Waals surface area contributed by atoms with Crippen molar-refractivity contribution in [1.82, 2.24) is 9.55 Å². The van der Waals surface area contributed by atoms with E-state index in [1.54, 1.807) is 18.5 Å². The van der Waals surface area contributed by atoms with E-state index in [1.165, 1.54) is 19.3 Å². The minimum Gasteiger partial charge on any atom is -0.465 e. The average Bonchev–Trinajstić information content (AvgIpc) is 3.16. The van der Waals surface area contributed by atoms with E-state index in [9.17, 15) is 9.59 Å². The Bertz CT molecular complexity index is 931. The second kappa shape index (κ2) is 6.38. The zero-order valence-electron chi connectivity index (χ0n) is 12.9. The van der Waals surface area contributed by atoms with E-state index < -0.39 is 5.97 Å². The van der Waals surface area contributed by atoms with Gasteiger partial charge in [-0.25, -0.2) is 14.6 Å². The molecule has 1 aliphatic rings. The summed E-state index contributed by atoms with van der Waals surface area (Å²) in [4.78, 5) is 27.1. The summed E-state index contributed by atoms with van der Waals surface area (Å²) in [5, 5.41) is 9.91. The van der Waals surface area contributed by atoms with Crippen molar-refractivity contribution in [3.8, 4) is 6.07 Å². The topological polar surface area (TPSA) is 94.2 Å². The Labute approximate surface area is 137 Å². The lowest BCUT2D eigenvalue weighted by atomic mass is 10.1. The highest BCUT2D eigenvalue weighted by molar-refractivity contribution is 6.00. The van der Waals surface area contributed by atoms with Gasteiger partial charge in [-0.1, -0.05) is 0 Å². The Morgan fingerprint density at radius 2 is 2.42 bits per heavy atom. The van der Waals surface area contributed by atoms with Gasteiger partial charge in [-0.2, -0.15) is 5.26 Å². The highest BCUT2D eigenvalue weighted by Crippen LogP contribution is 2.23. The second-order valence-corrected chi connectivity index (χ2v) is 5.16. The van der Waals surface area contributed by atoms with Gasteiger partial charge in [0.15, 0.2) is 0 Å². The van der Waals surface area contributed by atoms with E-state index in [4.69, 9.17) is 10.00 Å². The van der Waals surface area contributed by atoms with E-state index in [-0.39, 0.29) is 18.1 Å². The molecule has 120 valence electrons. The molecule has 0 aromatic carbocycles. The number of cyclic esters (lactones) is 1. The normalized spacial score (nSPS) is 14.2. The molecule has 0 saturated heterocycles. The number of esters is 2. The number of pyridine rings is 1. The quantitative estimate of drug-likeness (QED) is 0.482. The molecule has 0 unspecified atom stereocenters. The van der Waals surface area contributed by atoms with Crippen molar-refractivity contribution in [3.05, 3.63) is 47.3 Å². The van der Waals surface area contributed by atoms with Crippen molar-refractivity contribution < 1.29 is 19.1 Å². The molecule has 0 spiro atoms. The Hall–Kier alpha value is -3.40. The molecule has 0 bridgehead atoms. The molecule has 0 fully saturated rings. The fraction of sp³-hybridized carbons (Fsp3) is 0.176. The Morgan fingerprint density at radius 1 is 1.58 bits per heavy atom. The van der Waals surface area contributed by atoms with Crippen molar-refractivity contribution in [2.45, 2.75) is 6.54 Å². The number of nitriles is 1. The number of hydrogen-bond donors (Lipinski definition) is 0. The molecule has 7 nitrogen and oxygen atoms in total. The maximum absolute atomic E-state index is 11.6. The van der Waals surface area contributed by atoms with E-state index in [0.717, 1.165) is 11.0 Å². The SMILES string of the molecule is COC(=O)C(C#N)=Cc1cn(CC2=CC(=O)OC2)c2ncccc12. The van der Waals surface area contributed by atoms with Crippen LogP contribution in [0.5, 0.6) is 0 Å². The summed E-state index contributed by atoms with van der Waals surface area (Å²) < 4.78 is 11.3. The van der Waals surface area contributed by atoms with E-state index in [0.29, 0.717) is 17.8 Å². The number of hydrogen-bond acceptors (Lipinski definition) is 6. The van der Waals surface area contributed by atoms with Crippen LogP contribution in [0.25, 0.3) is 17.1 Å². The zero-order valence-corrected chi connectivity index (χ0v) is 12.9. The minimum absolute atomic E-state index is 0.0982. The largest absolute Gasteiger partial charge is 0.465 e. The summed E-state index contributed by atoms with van der Waals surface area (Å²) in [5.41, 5.74) is 2.09. The Balaban J connectivity index is 2.05. The Kier molecular flexibility index (Phi) is 4.12. The smallest absolute Gasteiger partial charge is 0.348 e. The predicted octanol–water partition coefficient (Wildman–Crippen LogP) is 1.60. The van der Waals surface area contributed by atoms with Gasteiger partial charge in [-0.05, 0) is 23.8 Å². The third kappa shape index (κ3) is 2.90. The van der Waals surface area contributed by atoms with Crippen LogP contribution in [-0.4, -0.2) is 35.2 Å². The van der Waals surface area contributed by atoms with Crippen LogP contribution in [0, 0.1) is 11.3 Å². The van der Waals surface area contributed by atoms with E-state index in [2.05, 4.69) is 9.72 Å². The lowest BCUT2D eigenvalue weighted by Gasteiger charge is -2.03. The van der Waals surface area contributed by atoms with Gasteiger partial charge >= 0.3 is 11.9 Å². The third-order valence-electron chi connectivity index (χ3n) is 3.59. The molecule has 24 heavy (non-hydrogen) atoms. The number of carbonyl (C=O) groups excluding carboxylic acids is 2. The lowest BCUT2D eigenvalue weighted by molar-refractivity contribution is -0.136. The number of fused-ring (bicyclic) bond motifs is 1. The van der Waals surface area contributed by atoms with Crippen LogP contribution in [0.15, 0.2) is 41.7 Å². The summed E-state index contributed by atoms with van der Waals surface area (Å²) in [5.74, 6) is -1.05. The summed E-state index contributed by atoms with van der Waals surface area (Å²) in [6.07, 6.45) is 6.36. The maximum atomic E-state index is 11.6. The maximum Gasteiger partial charge on any atom is 0.348 e. The van der Waals surface area contributed by atoms with Gasteiger partial charge in [0.2, 0.25) is 0 Å². The van der Waals surface area contributed by atoms with E-state index >= 15 is 0 Å². The first-order chi connectivity index (χ1) is 11.6. The van der Waals surface area contributed by atoms with Crippen molar-refractivity contribution in [2.24, 2.45) is 0 Å². The molecule has 0 radical (unpaired) electrons. The van der Waals surface area contributed by atoms with Crippen LogP contribution in [0.1, 0.15) is 5.56 Å². The number of carbonyl (C=O) groups is 2. The second-order valence-electron chi connectivity index (χ2n) is 5.16. The van der Waals surface area contributed by atoms with Gasteiger partial charge < -0.3 is 14.0 Å². The van der Waals surface area contributed by atoms with Gasteiger partial charge in [0.05, 0.1) is 7.11 Å². The molecule has 0 aliphatic carbocycles. The fourth-order valence-corrected chi connectivity index (χ4v) is 2.51. The molecule has 0 saturated carbocycles. The van der Waals surface area contributed by atoms with Gasteiger partial charge in [-0.3, -0.25) is 0 Å². The Morgan fingerprint density at radius 3 is 3.08 bits per heavy atom. The molecule has 3 rings (SSSR count). The fourth-order valence-electron chi connectivity index (χ4n) is 2.51. The summed E-state index contributed by atoms with van der Waals surface area (Å²) >= 11 is 0. The van der Waals surface area contributed by atoms with Crippen molar-refractivity contribution >= 4 is 29.0 Å². The third-order valence-corrected chi connectivity index (χ3v) is 3.59. The molecule has 0 atom stereocenters. The zero-order chi connectivity index (χ0) is 17.1. The molecule has 2 aromatic heterocycles. The average molecular weight is 323 g/mol. The molecule has 0 N–H and O–H groups in total. The van der Waals surface area contributed by atoms with Crippen LogP contribution in [0.2, 0.25) is 0 Å². The van der Waals surface area contributed by atoms with Crippen LogP contribution >= 0.6 is 0 Å². The first kappa shape index (κ1) is 15.5. The van der Waals surface area contributed by atoms with Crippen LogP contribution in [0.4, 0.5) is 0 Å². The van der Waals surface area contributed by atoms with Gasteiger partial charge in [0.25, 0.3) is 0 Å². The molecule has 1 aliphatic heterocycles. The number of rotatable bonds is 4. The van der Waals surface area contributed by atoms with Gasteiger partial charge in [-0.15, -0.1) is 0 Å². The van der Waals surface area contributed by atoms with Crippen molar-refractivity contribution in [3.63, 3.8) is 0 Å².